The van der Waals surface area contributed by atoms with Crippen molar-refractivity contribution in [3.05, 3.63) is 34.9 Å². The Labute approximate surface area is 103 Å². The van der Waals surface area contributed by atoms with Crippen LogP contribution in [0.2, 0.25) is 5.02 Å². The smallest absolute Gasteiger partial charge is 0.405 e. The van der Waals surface area contributed by atoms with Crippen LogP contribution in [0, 0.1) is 0 Å². The second-order valence-electron chi connectivity index (χ2n) is 3.34. The summed E-state index contributed by atoms with van der Waals surface area (Å²) < 4.78 is 0. The van der Waals surface area contributed by atoms with E-state index in [-0.39, 0.29) is 6.42 Å². The standard InChI is InChI=1S/C10H12ClN3O3/c11-7-3-1-6(2-4-7)5-8(9(15)14-12)13-10(16)17/h1-4,8,13H,5,12H2,(H,14,15)(H,16,17). The van der Waals surface area contributed by atoms with Crippen LogP contribution in [0.25, 0.3) is 0 Å². The maximum absolute atomic E-state index is 11.3. The van der Waals surface area contributed by atoms with Crippen LogP contribution in [0.1, 0.15) is 5.56 Å². The number of halogens is 1. The Hall–Kier alpha value is -1.79. The fraction of sp³-hybridized carbons (Fsp3) is 0.200. The van der Waals surface area contributed by atoms with Crippen LogP contribution in [-0.2, 0) is 11.2 Å². The van der Waals surface area contributed by atoms with Crippen LogP contribution in [-0.4, -0.2) is 23.1 Å². The van der Waals surface area contributed by atoms with Crippen molar-refractivity contribution in [1.82, 2.24) is 10.7 Å². The van der Waals surface area contributed by atoms with Gasteiger partial charge < -0.3 is 10.4 Å². The van der Waals surface area contributed by atoms with E-state index in [0.717, 1.165) is 5.56 Å². The van der Waals surface area contributed by atoms with E-state index in [1.54, 1.807) is 24.3 Å². The van der Waals surface area contributed by atoms with Gasteiger partial charge in [-0.25, -0.2) is 10.6 Å². The second-order valence-corrected chi connectivity index (χ2v) is 3.78. The zero-order chi connectivity index (χ0) is 12.8. The maximum Gasteiger partial charge on any atom is 0.405 e. The normalized spacial score (nSPS) is 11.6. The molecule has 1 aromatic carbocycles. The van der Waals surface area contributed by atoms with Gasteiger partial charge in [0.15, 0.2) is 0 Å². The highest BCUT2D eigenvalue weighted by molar-refractivity contribution is 6.30. The van der Waals surface area contributed by atoms with Gasteiger partial charge in [0.05, 0.1) is 0 Å². The van der Waals surface area contributed by atoms with E-state index in [9.17, 15) is 9.59 Å². The van der Waals surface area contributed by atoms with Gasteiger partial charge in [-0.15, -0.1) is 0 Å². The van der Waals surface area contributed by atoms with E-state index < -0.39 is 18.0 Å². The van der Waals surface area contributed by atoms with E-state index in [1.165, 1.54) is 0 Å². The van der Waals surface area contributed by atoms with Crippen LogP contribution < -0.4 is 16.6 Å². The lowest BCUT2D eigenvalue weighted by atomic mass is 10.1. The summed E-state index contributed by atoms with van der Waals surface area (Å²) in [5.41, 5.74) is 2.69. The summed E-state index contributed by atoms with van der Waals surface area (Å²) >= 11 is 5.71. The van der Waals surface area contributed by atoms with Gasteiger partial charge in [0.2, 0.25) is 0 Å². The Morgan fingerprint density at radius 3 is 2.41 bits per heavy atom. The monoisotopic (exact) mass is 257 g/mol. The topological polar surface area (TPSA) is 104 Å². The average molecular weight is 258 g/mol. The van der Waals surface area contributed by atoms with Crippen LogP contribution in [0.4, 0.5) is 4.79 Å². The van der Waals surface area contributed by atoms with Crippen molar-refractivity contribution in [3.63, 3.8) is 0 Å². The summed E-state index contributed by atoms with van der Waals surface area (Å²) in [4.78, 5) is 21.9. The minimum absolute atomic E-state index is 0.201. The van der Waals surface area contributed by atoms with Gasteiger partial charge in [0, 0.05) is 11.4 Å². The summed E-state index contributed by atoms with van der Waals surface area (Å²) in [6, 6.07) is 5.81. The van der Waals surface area contributed by atoms with E-state index in [2.05, 4.69) is 5.32 Å². The Morgan fingerprint density at radius 1 is 1.35 bits per heavy atom. The van der Waals surface area contributed by atoms with Gasteiger partial charge in [-0.2, -0.15) is 0 Å². The van der Waals surface area contributed by atoms with Gasteiger partial charge in [-0.05, 0) is 17.7 Å². The summed E-state index contributed by atoms with van der Waals surface area (Å²) in [5, 5.41) is 11.3. The van der Waals surface area contributed by atoms with Gasteiger partial charge in [-0.3, -0.25) is 10.2 Å². The molecule has 1 unspecified atom stereocenters. The minimum atomic E-state index is -1.28. The van der Waals surface area contributed by atoms with Crippen LogP contribution >= 0.6 is 11.6 Å². The van der Waals surface area contributed by atoms with E-state index >= 15 is 0 Å². The van der Waals surface area contributed by atoms with Gasteiger partial charge in [-0.1, -0.05) is 23.7 Å². The Kier molecular flexibility index (Phi) is 4.74. The van der Waals surface area contributed by atoms with Crippen molar-refractivity contribution in [3.8, 4) is 0 Å². The molecule has 7 heteroatoms. The molecule has 0 heterocycles. The third kappa shape index (κ3) is 4.29. The van der Waals surface area contributed by atoms with E-state index in [0.29, 0.717) is 5.02 Å². The molecule has 0 spiro atoms. The second kappa shape index (κ2) is 6.07. The lowest BCUT2D eigenvalue weighted by molar-refractivity contribution is -0.123. The van der Waals surface area contributed by atoms with Gasteiger partial charge in [0.1, 0.15) is 6.04 Å². The number of carboxylic acid groups (broad SMARTS) is 1. The summed E-state index contributed by atoms with van der Waals surface area (Å²) in [7, 11) is 0. The molecule has 0 saturated carbocycles. The molecule has 0 bridgehead atoms. The highest BCUT2D eigenvalue weighted by Gasteiger charge is 2.19. The lowest BCUT2D eigenvalue weighted by Crippen LogP contribution is -2.49. The number of carbonyl (C=O) groups excluding carboxylic acids is 1. The molecule has 6 nitrogen and oxygen atoms in total. The average Bonchev–Trinajstić information content (AvgIpc) is 2.29. The molecule has 1 aromatic rings. The molecule has 0 radical (unpaired) electrons. The quantitative estimate of drug-likeness (QED) is 0.358. The first-order valence-electron chi connectivity index (χ1n) is 4.77. The first kappa shape index (κ1) is 13.3. The number of amides is 2. The predicted octanol–water partition coefficient (Wildman–Crippen LogP) is 0.509. The Morgan fingerprint density at radius 2 is 1.94 bits per heavy atom. The number of nitrogens with two attached hydrogens (primary N) is 1. The molecule has 0 aliphatic rings. The SMILES string of the molecule is NNC(=O)C(Cc1ccc(Cl)cc1)NC(=O)O. The van der Waals surface area contributed by atoms with Gasteiger partial charge in [0.25, 0.3) is 5.91 Å². The summed E-state index contributed by atoms with van der Waals surface area (Å²) in [5.74, 6) is 4.38. The van der Waals surface area contributed by atoms with Crippen LogP contribution in [0.5, 0.6) is 0 Å². The fourth-order valence-electron chi connectivity index (χ4n) is 1.32. The molecule has 1 rings (SSSR count). The third-order valence-electron chi connectivity index (χ3n) is 2.11. The number of hydrogen-bond donors (Lipinski definition) is 4. The number of hydrazine groups is 1. The predicted molar refractivity (Wildman–Crippen MR) is 62.4 cm³/mol. The Balaban J connectivity index is 2.75. The molecule has 0 aliphatic carbocycles. The van der Waals surface area contributed by atoms with Crippen molar-refractivity contribution in [1.29, 1.82) is 0 Å². The zero-order valence-corrected chi connectivity index (χ0v) is 9.57. The van der Waals surface area contributed by atoms with Crippen molar-refractivity contribution in [2.24, 2.45) is 5.84 Å². The number of rotatable bonds is 4. The molecule has 0 aliphatic heterocycles. The fourth-order valence-corrected chi connectivity index (χ4v) is 1.44. The van der Waals surface area contributed by atoms with Crippen LogP contribution in [0.15, 0.2) is 24.3 Å². The van der Waals surface area contributed by atoms with E-state index in [1.807, 2.05) is 5.43 Å². The minimum Gasteiger partial charge on any atom is -0.465 e. The molecule has 1 atom stereocenters. The number of hydrogen-bond acceptors (Lipinski definition) is 3. The molecule has 0 saturated heterocycles. The molecule has 5 N–H and O–H groups in total. The third-order valence-corrected chi connectivity index (χ3v) is 2.36. The lowest BCUT2D eigenvalue weighted by Gasteiger charge is -2.15. The zero-order valence-electron chi connectivity index (χ0n) is 8.81. The number of benzene rings is 1. The largest absolute Gasteiger partial charge is 0.465 e. The number of nitrogens with one attached hydrogen (secondary N) is 2. The maximum atomic E-state index is 11.3. The van der Waals surface area contributed by atoms with Crippen molar-refractivity contribution < 1.29 is 14.7 Å². The molecule has 0 aromatic heterocycles. The summed E-state index contributed by atoms with van der Waals surface area (Å²) in [6.45, 7) is 0. The molecular formula is C10H12ClN3O3. The molecular weight excluding hydrogens is 246 g/mol. The molecule has 17 heavy (non-hydrogen) atoms. The number of carbonyl (C=O) groups is 2. The first-order chi connectivity index (χ1) is 8.02. The Bertz CT molecular complexity index is 408. The molecule has 92 valence electrons. The van der Waals surface area contributed by atoms with Gasteiger partial charge >= 0.3 is 6.09 Å². The van der Waals surface area contributed by atoms with Crippen LogP contribution in [0.3, 0.4) is 0 Å². The first-order valence-corrected chi connectivity index (χ1v) is 5.15. The van der Waals surface area contributed by atoms with Crippen molar-refractivity contribution >= 4 is 23.6 Å². The summed E-state index contributed by atoms with van der Waals surface area (Å²) in [6.07, 6.45) is -1.08. The molecule has 2 amide bonds. The highest BCUT2D eigenvalue weighted by atomic mass is 35.5. The van der Waals surface area contributed by atoms with Crippen molar-refractivity contribution in [2.75, 3.05) is 0 Å². The van der Waals surface area contributed by atoms with E-state index in [4.69, 9.17) is 22.6 Å². The highest BCUT2D eigenvalue weighted by Crippen LogP contribution is 2.11. The molecule has 0 fully saturated rings. The van der Waals surface area contributed by atoms with Crippen molar-refractivity contribution in [2.45, 2.75) is 12.5 Å².